The smallest absolute Gasteiger partial charge is 0.262 e. The van der Waals surface area contributed by atoms with Crippen LogP contribution in [-0.4, -0.2) is 28.2 Å². The van der Waals surface area contributed by atoms with Crippen LogP contribution in [-0.2, 0) is 9.59 Å². The van der Waals surface area contributed by atoms with E-state index in [1.54, 1.807) is 24.3 Å². The SMILES string of the molecule is NC(N)=NC1=NC(=O)[C@@H](CC(=O)Nc2ccc(Oc3ccccc3)cc2)S1. The van der Waals surface area contributed by atoms with Crippen molar-refractivity contribution >= 4 is 40.4 Å². The van der Waals surface area contributed by atoms with Gasteiger partial charge in [0.1, 0.15) is 16.7 Å². The Morgan fingerprint density at radius 1 is 1.11 bits per heavy atom. The van der Waals surface area contributed by atoms with Crippen LogP contribution >= 0.6 is 11.8 Å². The maximum Gasteiger partial charge on any atom is 0.262 e. The Morgan fingerprint density at radius 2 is 1.78 bits per heavy atom. The van der Waals surface area contributed by atoms with Gasteiger partial charge in [-0.3, -0.25) is 9.59 Å². The molecule has 0 aliphatic carbocycles. The number of amidine groups is 1. The predicted molar refractivity (Wildman–Crippen MR) is 106 cm³/mol. The standard InChI is InChI=1S/C18H17N5O3S/c19-17(20)23-18-22-16(25)14(27-18)10-15(24)21-11-6-8-13(9-7-11)26-12-4-2-1-3-5-12/h1-9,14H,10H2,(H,21,24)(H4,19,20,22,23,25)/t14-/m1/s1. The number of para-hydroxylation sites is 1. The molecule has 2 amide bonds. The summed E-state index contributed by atoms with van der Waals surface area (Å²) in [6.07, 6.45) is -0.0290. The van der Waals surface area contributed by atoms with Crippen molar-refractivity contribution in [2.45, 2.75) is 11.7 Å². The molecule has 1 atom stereocenters. The fourth-order valence-corrected chi connectivity index (χ4v) is 3.22. The molecule has 1 heterocycles. The highest BCUT2D eigenvalue weighted by Crippen LogP contribution is 2.27. The van der Waals surface area contributed by atoms with E-state index >= 15 is 0 Å². The molecule has 8 nitrogen and oxygen atoms in total. The molecule has 2 aromatic carbocycles. The van der Waals surface area contributed by atoms with Gasteiger partial charge >= 0.3 is 0 Å². The Bertz CT molecular complexity index is 893. The summed E-state index contributed by atoms with van der Waals surface area (Å²) in [7, 11) is 0. The highest BCUT2D eigenvalue weighted by molar-refractivity contribution is 8.15. The second kappa shape index (κ2) is 8.37. The van der Waals surface area contributed by atoms with E-state index < -0.39 is 11.2 Å². The van der Waals surface area contributed by atoms with Crippen LogP contribution in [0, 0.1) is 0 Å². The van der Waals surface area contributed by atoms with Crippen molar-refractivity contribution in [3.8, 4) is 11.5 Å². The van der Waals surface area contributed by atoms with E-state index in [-0.39, 0.29) is 23.5 Å². The van der Waals surface area contributed by atoms with Crippen LogP contribution in [0.15, 0.2) is 64.6 Å². The van der Waals surface area contributed by atoms with Gasteiger partial charge in [0, 0.05) is 12.1 Å². The van der Waals surface area contributed by atoms with E-state index in [1.165, 1.54) is 0 Å². The maximum absolute atomic E-state index is 12.2. The molecule has 3 rings (SSSR count). The van der Waals surface area contributed by atoms with Crippen LogP contribution in [0.1, 0.15) is 6.42 Å². The summed E-state index contributed by atoms with van der Waals surface area (Å²) in [5, 5.41) is 2.27. The second-order valence-electron chi connectivity index (χ2n) is 5.57. The molecule has 5 N–H and O–H groups in total. The lowest BCUT2D eigenvalue weighted by atomic mass is 10.2. The van der Waals surface area contributed by atoms with Crippen LogP contribution in [0.4, 0.5) is 5.69 Å². The van der Waals surface area contributed by atoms with Gasteiger partial charge in [-0.1, -0.05) is 30.0 Å². The maximum atomic E-state index is 12.2. The molecule has 0 aromatic heterocycles. The number of anilines is 1. The van der Waals surface area contributed by atoms with Crippen molar-refractivity contribution in [2.24, 2.45) is 21.5 Å². The fraction of sp³-hybridized carbons (Fsp3) is 0.111. The number of carbonyl (C=O) groups is 2. The van der Waals surface area contributed by atoms with Crippen LogP contribution in [0.25, 0.3) is 0 Å². The Kier molecular flexibility index (Phi) is 5.72. The van der Waals surface area contributed by atoms with Crippen molar-refractivity contribution in [1.29, 1.82) is 0 Å². The number of nitrogens with zero attached hydrogens (tertiary/aromatic N) is 2. The first-order chi connectivity index (χ1) is 13.0. The molecule has 27 heavy (non-hydrogen) atoms. The van der Waals surface area contributed by atoms with Crippen LogP contribution in [0.3, 0.4) is 0 Å². The van der Waals surface area contributed by atoms with Gasteiger partial charge in [0.05, 0.1) is 0 Å². The molecule has 0 saturated carbocycles. The average molecular weight is 383 g/mol. The van der Waals surface area contributed by atoms with Crippen LogP contribution in [0.5, 0.6) is 11.5 Å². The zero-order valence-corrected chi connectivity index (χ0v) is 15.0. The average Bonchev–Trinajstić information content (AvgIpc) is 2.95. The molecule has 0 fully saturated rings. The Balaban J connectivity index is 1.53. The first-order valence-electron chi connectivity index (χ1n) is 8.01. The molecule has 1 aliphatic heterocycles. The number of guanidine groups is 1. The number of rotatable bonds is 5. The quantitative estimate of drug-likeness (QED) is 0.535. The normalized spacial score (nSPS) is 15.8. The van der Waals surface area contributed by atoms with Crippen molar-refractivity contribution in [3.05, 3.63) is 54.6 Å². The first kappa shape index (κ1) is 18.5. The number of aliphatic imine (C=N–C) groups is 2. The van der Waals surface area contributed by atoms with E-state index in [2.05, 4.69) is 15.3 Å². The van der Waals surface area contributed by atoms with Gasteiger partial charge < -0.3 is 21.5 Å². The zero-order chi connectivity index (χ0) is 19.2. The lowest BCUT2D eigenvalue weighted by molar-refractivity contribution is -0.121. The summed E-state index contributed by atoms with van der Waals surface area (Å²) in [5.41, 5.74) is 11.1. The number of benzene rings is 2. The topological polar surface area (TPSA) is 132 Å². The van der Waals surface area contributed by atoms with Gasteiger partial charge in [-0.15, -0.1) is 0 Å². The summed E-state index contributed by atoms with van der Waals surface area (Å²) in [6, 6.07) is 16.3. The molecular weight excluding hydrogens is 366 g/mol. The minimum Gasteiger partial charge on any atom is -0.457 e. The first-order valence-corrected chi connectivity index (χ1v) is 8.89. The van der Waals surface area contributed by atoms with Crippen molar-refractivity contribution in [2.75, 3.05) is 5.32 Å². The Labute approximate surface area is 159 Å². The second-order valence-corrected chi connectivity index (χ2v) is 6.74. The number of nitrogens with one attached hydrogen (secondary N) is 1. The van der Waals surface area contributed by atoms with Crippen molar-refractivity contribution in [1.82, 2.24) is 0 Å². The zero-order valence-electron chi connectivity index (χ0n) is 14.2. The van der Waals surface area contributed by atoms with Crippen LogP contribution < -0.4 is 21.5 Å². The molecule has 0 bridgehead atoms. The largest absolute Gasteiger partial charge is 0.457 e. The minimum atomic E-state index is -0.635. The number of amides is 2. The molecule has 0 spiro atoms. The summed E-state index contributed by atoms with van der Waals surface area (Å²) in [5.74, 6) is 0.455. The number of nitrogens with two attached hydrogens (primary N) is 2. The molecule has 0 radical (unpaired) electrons. The molecule has 0 unspecified atom stereocenters. The summed E-state index contributed by atoms with van der Waals surface area (Å²) >= 11 is 1.06. The molecular formula is C18H17N5O3S. The Morgan fingerprint density at radius 3 is 2.44 bits per heavy atom. The molecule has 9 heteroatoms. The Hall–Kier alpha value is -3.33. The molecule has 0 saturated heterocycles. The number of hydrogen-bond donors (Lipinski definition) is 3. The molecule has 1 aliphatic rings. The van der Waals surface area contributed by atoms with E-state index in [0.717, 1.165) is 17.5 Å². The van der Waals surface area contributed by atoms with Gasteiger partial charge in [-0.05, 0) is 36.4 Å². The van der Waals surface area contributed by atoms with E-state index in [4.69, 9.17) is 16.2 Å². The summed E-state index contributed by atoms with van der Waals surface area (Å²) in [4.78, 5) is 31.4. The number of carbonyl (C=O) groups excluding carboxylic acids is 2. The number of ether oxygens (including phenoxy) is 1. The molecule has 138 valence electrons. The number of hydrogen-bond acceptors (Lipinski definition) is 5. The molecule has 2 aromatic rings. The summed E-state index contributed by atoms with van der Waals surface area (Å²) in [6.45, 7) is 0. The van der Waals surface area contributed by atoms with Crippen LogP contribution in [0.2, 0.25) is 0 Å². The van der Waals surface area contributed by atoms with E-state index in [1.807, 2.05) is 30.3 Å². The van der Waals surface area contributed by atoms with Gasteiger partial charge in [0.15, 0.2) is 11.1 Å². The fourth-order valence-electron chi connectivity index (χ4n) is 2.27. The monoisotopic (exact) mass is 383 g/mol. The third-order valence-corrected chi connectivity index (χ3v) is 4.49. The lowest BCUT2D eigenvalue weighted by Crippen LogP contribution is -2.23. The highest BCUT2D eigenvalue weighted by Gasteiger charge is 2.30. The summed E-state index contributed by atoms with van der Waals surface area (Å²) < 4.78 is 5.69. The van der Waals surface area contributed by atoms with E-state index in [0.29, 0.717) is 11.4 Å². The van der Waals surface area contributed by atoms with E-state index in [9.17, 15) is 9.59 Å². The third kappa shape index (κ3) is 5.32. The van der Waals surface area contributed by atoms with Gasteiger partial charge in [0.2, 0.25) is 5.91 Å². The van der Waals surface area contributed by atoms with Crippen molar-refractivity contribution in [3.63, 3.8) is 0 Å². The third-order valence-electron chi connectivity index (χ3n) is 3.44. The van der Waals surface area contributed by atoms with Gasteiger partial charge in [-0.25, -0.2) is 0 Å². The predicted octanol–water partition coefficient (Wildman–Crippen LogP) is 2.08. The lowest BCUT2D eigenvalue weighted by Gasteiger charge is -2.09. The van der Waals surface area contributed by atoms with Crippen molar-refractivity contribution < 1.29 is 14.3 Å². The van der Waals surface area contributed by atoms with Gasteiger partial charge in [0.25, 0.3) is 5.91 Å². The highest BCUT2D eigenvalue weighted by atomic mass is 32.2. The minimum absolute atomic E-state index is 0.0290. The number of thioether (sulfide) groups is 1. The van der Waals surface area contributed by atoms with Gasteiger partial charge in [-0.2, -0.15) is 9.98 Å².